The Labute approximate surface area is 121 Å². The van der Waals surface area contributed by atoms with Crippen molar-refractivity contribution in [2.24, 2.45) is 0 Å². The topological polar surface area (TPSA) is 111 Å². The van der Waals surface area contributed by atoms with Gasteiger partial charge in [-0.25, -0.2) is 13.1 Å². The van der Waals surface area contributed by atoms with Gasteiger partial charge >= 0.3 is 5.69 Å². The van der Waals surface area contributed by atoms with E-state index in [-0.39, 0.29) is 21.4 Å². The highest BCUT2D eigenvalue weighted by Crippen LogP contribution is 2.36. The number of hydrogen-bond acceptors (Lipinski definition) is 7. The smallest absolute Gasteiger partial charge is 0.304 e. The van der Waals surface area contributed by atoms with Gasteiger partial charge < -0.3 is 10.1 Å². The molecular weight excluding hydrogens is 306 g/mol. The molecule has 1 aromatic rings. The molecule has 0 amide bonds. The number of rotatable bonds is 9. The predicted octanol–water partition coefficient (Wildman–Crippen LogP) is 1.40. The minimum absolute atomic E-state index is 0.0717. The van der Waals surface area contributed by atoms with Gasteiger partial charge in [-0.3, -0.25) is 10.1 Å². The fourth-order valence-electron chi connectivity index (χ4n) is 1.41. The molecule has 20 heavy (non-hydrogen) atoms. The fourth-order valence-corrected chi connectivity index (χ4v) is 3.92. The van der Waals surface area contributed by atoms with Crippen molar-refractivity contribution >= 4 is 32.0 Å². The summed E-state index contributed by atoms with van der Waals surface area (Å²) in [5.74, 6) is 0. The standard InChI is InChI=1S/C10H17N3O5S2/c1-3-11-10-8(13(14)15)7-9(19-10)20(16,17)12-5-4-6-18-2/h7,11-12H,3-6H2,1-2H3. The lowest BCUT2D eigenvalue weighted by atomic mass is 10.5. The first kappa shape index (κ1) is 16.8. The van der Waals surface area contributed by atoms with Gasteiger partial charge in [0.2, 0.25) is 10.0 Å². The molecule has 10 heteroatoms. The van der Waals surface area contributed by atoms with E-state index >= 15 is 0 Å². The maximum Gasteiger partial charge on any atom is 0.304 e. The van der Waals surface area contributed by atoms with E-state index < -0.39 is 14.9 Å². The molecule has 0 aliphatic rings. The molecule has 8 nitrogen and oxygen atoms in total. The highest BCUT2D eigenvalue weighted by atomic mass is 32.2. The van der Waals surface area contributed by atoms with Crippen LogP contribution in [0.25, 0.3) is 0 Å². The van der Waals surface area contributed by atoms with Crippen molar-refractivity contribution in [1.29, 1.82) is 0 Å². The highest BCUT2D eigenvalue weighted by Gasteiger charge is 2.25. The van der Waals surface area contributed by atoms with Crippen LogP contribution in [0.3, 0.4) is 0 Å². The van der Waals surface area contributed by atoms with Gasteiger partial charge in [0, 0.05) is 32.9 Å². The van der Waals surface area contributed by atoms with Gasteiger partial charge in [-0.2, -0.15) is 0 Å². The second kappa shape index (κ2) is 7.53. The van der Waals surface area contributed by atoms with E-state index in [1.807, 2.05) is 0 Å². The van der Waals surface area contributed by atoms with Crippen molar-refractivity contribution in [2.45, 2.75) is 17.6 Å². The van der Waals surface area contributed by atoms with E-state index in [0.29, 0.717) is 19.6 Å². The number of nitro groups is 1. The number of thiophene rings is 1. The van der Waals surface area contributed by atoms with E-state index in [1.54, 1.807) is 6.92 Å². The average molecular weight is 323 g/mol. The van der Waals surface area contributed by atoms with Crippen LogP contribution in [0.4, 0.5) is 10.7 Å². The molecule has 0 unspecified atom stereocenters. The molecule has 0 saturated heterocycles. The Bertz CT molecular complexity index is 555. The zero-order valence-electron chi connectivity index (χ0n) is 11.2. The molecule has 114 valence electrons. The quantitative estimate of drug-likeness (QED) is 0.404. The molecule has 0 aromatic carbocycles. The molecule has 0 radical (unpaired) electrons. The van der Waals surface area contributed by atoms with Crippen LogP contribution in [0, 0.1) is 10.1 Å². The van der Waals surface area contributed by atoms with E-state index in [1.165, 1.54) is 7.11 Å². The number of hydrogen-bond donors (Lipinski definition) is 2. The normalized spacial score (nSPS) is 11.5. The Balaban J connectivity index is 2.89. The summed E-state index contributed by atoms with van der Waals surface area (Å²) in [7, 11) is -2.20. The summed E-state index contributed by atoms with van der Waals surface area (Å²) in [5, 5.41) is 13.9. The Morgan fingerprint density at radius 1 is 1.50 bits per heavy atom. The van der Waals surface area contributed by atoms with Crippen LogP contribution in [-0.4, -0.2) is 40.1 Å². The van der Waals surface area contributed by atoms with Crippen molar-refractivity contribution in [3.05, 3.63) is 16.2 Å². The second-order valence-corrected chi connectivity index (χ2v) is 6.86. The molecule has 1 rings (SSSR count). The average Bonchev–Trinajstić information content (AvgIpc) is 2.80. The zero-order chi connectivity index (χ0) is 15.2. The molecule has 0 aliphatic carbocycles. The number of nitrogens with zero attached hydrogens (tertiary/aromatic N) is 1. The summed E-state index contributed by atoms with van der Waals surface area (Å²) >= 11 is 0.849. The highest BCUT2D eigenvalue weighted by molar-refractivity contribution is 7.91. The summed E-state index contributed by atoms with van der Waals surface area (Å²) in [6.07, 6.45) is 0.531. The Morgan fingerprint density at radius 3 is 2.75 bits per heavy atom. The first-order valence-corrected chi connectivity index (χ1v) is 8.23. The van der Waals surface area contributed by atoms with Crippen molar-refractivity contribution < 1.29 is 18.1 Å². The molecule has 2 N–H and O–H groups in total. The van der Waals surface area contributed by atoms with Gasteiger partial charge in [0.15, 0.2) is 5.00 Å². The maximum absolute atomic E-state index is 12.0. The molecule has 1 heterocycles. The first-order chi connectivity index (χ1) is 9.42. The van der Waals surface area contributed by atoms with Gasteiger partial charge in [-0.15, -0.1) is 0 Å². The zero-order valence-corrected chi connectivity index (χ0v) is 12.8. The van der Waals surface area contributed by atoms with Gasteiger partial charge in [-0.05, 0) is 13.3 Å². The third kappa shape index (κ3) is 4.40. The Morgan fingerprint density at radius 2 is 2.20 bits per heavy atom. The number of sulfonamides is 1. The lowest BCUT2D eigenvalue weighted by molar-refractivity contribution is -0.383. The number of methoxy groups -OCH3 is 1. The van der Waals surface area contributed by atoms with Crippen LogP contribution < -0.4 is 10.0 Å². The minimum atomic E-state index is -3.73. The number of ether oxygens (including phenoxy) is 1. The molecule has 1 aromatic heterocycles. The molecule has 0 bridgehead atoms. The SMILES string of the molecule is CCNc1sc(S(=O)(=O)NCCCOC)cc1[N+](=O)[O-]. The maximum atomic E-state index is 12.0. The van der Waals surface area contributed by atoms with Gasteiger partial charge in [0.1, 0.15) is 4.21 Å². The largest absolute Gasteiger partial charge is 0.385 e. The fraction of sp³-hybridized carbons (Fsp3) is 0.600. The lowest BCUT2D eigenvalue weighted by Crippen LogP contribution is -2.24. The van der Waals surface area contributed by atoms with E-state index in [4.69, 9.17) is 4.74 Å². The number of anilines is 1. The molecular formula is C10H17N3O5S2. The summed E-state index contributed by atoms with van der Waals surface area (Å²) in [4.78, 5) is 10.3. The summed E-state index contributed by atoms with van der Waals surface area (Å²) in [6.45, 7) is 2.91. The van der Waals surface area contributed by atoms with Gasteiger partial charge in [-0.1, -0.05) is 11.3 Å². The van der Waals surface area contributed by atoms with E-state index in [0.717, 1.165) is 17.4 Å². The van der Waals surface area contributed by atoms with Crippen molar-refractivity contribution in [3.8, 4) is 0 Å². The summed E-state index contributed by atoms with van der Waals surface area (Å²) in [5.41, 5.74) is -0.228. The molecule has 0 spiro atoms. The van der Waals surface area contributed by atoms with Crippen LogP contribution in [0.1, 0.15) is 13.3 Å². The number of nitrogens with one attached hydrogen (secondary N) is 2. The second-order valence-electron chi connectivity index (χ2n) is 3.81. The molecule has 0 saturated carbocycles. The van der Waals surface area contributed by atoms with Crippen molar-refractivity contribution in [1.82, 2.24) is 4.72 Å². The molecule has 0 fully saturated rings. The van der Waals surface area contributed by atoms with Crippen molar-refractivity contribution in [2.75, 3.05) is 32.1 Å². The summed E-state index contributed by atoms with van der Waals surface area (Å²) in [6, 6.07) is 1.07. The lowest BCUT2D eigenvalue weighted by Gasteiger charge is -2.03. The van der Waals surface area contributed by atoms with Crippen LogP contribution in [0.15, 0.2) is 10.3 Å². The molecule has 0 atom stereocenters. The minimum Gasteiger partial charge on any atom is -0.385 e. The summed E-state index contributed by atoms with van der Waals surface area (Å²) < 4.78 is 31.1. The van der Waals surface area contributed by atoms with Crippen LogP contribution in [-0.2, 0) is 14.8 Å². The first-order valence-electron chi connectivity index (χ1n) is 5.93. The van der Waals surface area contributed by atoms with Crippen LogP contribution in [0.5, 0.6) is 0 Å². The van der Waals surface area contributed by atoms with Gasteiger partial charge in [0.25, 0.3) is 0 Å². The Kier molecular flexibility index (Phi) is 6.33. The van der Waals surface area contributed by atoms with E-state index in [2.05, 4.69) is 10.0 Å². The third-order valence-corrected chi connectivity index (χ3v) is 5.32. The predicted molar refractivity (Wildman–Crippen MR) is 76.8 cm³/mol. The Hall–Kier alpha value is -1.23. The van der Waals surface area contributed by atoms with Crippen LogP contribution >= 0.6 is 11.3 Å². The van der Waals surface area contributed by atoms with Gasteiger partial charge in [0.05, 0.1) is 4.92 Å². The van der Waals surface area contributed by atoms with Crippen molar-refractivity contribution in [3.63, 3.8) is 0 Å². The third-order valence-electron chi connectivity index (χ3n) is 2.31. The van der Waals surface area contributed by atoms with Crippen LogP contribution in [0.2, 0.25) is 0 Å². The monoisotopic (exact) mass is 323 g/mol. The molecule has 0 aliphatic heterocycles. The van der Waals surface area contributed by atoms with E-state index in [9.17, 15) is 18.5 Å².